The van der Waals surface area contributed by atoms with Crippen molar-refractivity contribution in [1.29, 1.82) is 0 Å². The van der Waals surface area contributed by atoms with Gasteiger partial charge in [-0.05, 0) is 12.8 Å². The predicted octanol–water partition coefficient (Wildman–Crippen LogP) is 1.52. The van der Waals surface area contributed by atoms with Crippen LogP contribution in [0.3, 0.4) is 0 Å². The number of β-amino-alcohol motifs (C(OH)–C–C–N with tert-alkyl or cyclic N) is 1. The van der Waals surface area contributed by atoms with E-state index in [1.54, 1.807) is 0 Å². The molecule has 0 aromatic carbocycles. The van der Waals surface area contributed by atoms with E-state index in [1.807, 2.05) is 0 Å². The number of amidine groups is 1. The maximum atomic E-state index is 8.96. The molecule has 1 heterocycles. The molecule has 0 spiro atoms. The molecule has 0 aliphatic carbocycles. The molecule has 3 nitrogen and oxygen atoms in total. The third kappa shape index (κ3) is 2.08. The van der Waals surface area contributed by atoms with E-state index in [9.17, 15) is 0 Å². The molecule has 1 N–H and O–H groups in total. The van der Waals surface area contributed by atoms with Crippen LogP contribution in [0.4, 0.5) is 0 Å². The fraction of sp³-hybridized carbons (Fsp3) is 0.909. The quantitative estimate of drug-likeness (QED) is 0.727. The normalized spacial score (nSPS) is 17.4. The molecular weight excluding hydrogens is 176 g/mol. The first kappa shape index (κ1) is 11.5. The Morgan fingerprint density at radius 2 is 2.07 bits per heavy atom. The van der Waals surface area contributed by atoms with Gasteiger partial charge < -0.3 is 10.0 Å². The maximum Gasteiger partial charge on any atom is 0.105 e. The van der Waals surface area contributed by atoms with Crippen molar-refractivity contribution in [1.82, 2.24) is 4.90 Å². The highest BCUT2D eigenvalue weighted by Gasteiger charge is 2.32. The summed E-state index contributed by atoms with van der Waals surface area (Å²) in [7, 11) is 0. The molecule has 1 aliphatic rings. The van der Waals surface area contributed by atoms with Gasteiger partial charge in [-0.3, -0.25) is 4.99 Å². The molecule has 0 fully saturated rings. The summed E-state index contributed by atoms with van der Waals surface area (Å²) in [5.74, 6) is 1.21. The molecule has 0 saturated carbocycles. The summed E-state index contributed by atoms with van der Waals surface area (Å²) >= 11 is 0. The predicted molar refractivity (Wildman–Crippen MR) is 59.6 cm³/mol. The van der Waals surface area contributed by atoms with Crippen molar-refractivity contribution in [3.05, 3.63) is 0 Å². The van der Waals surface area contributed by atoms with Crippen LogP contribution >= 0.6 is 0 Å². The second-order valence-electron chi connectivity index (χ2n) is 4.18. The summed E-state index contributed by atoms with van der Waals surface area (Å²) in [6.45, 7) is 9.51. The van der Waals surface area contributed by atoms with E-state index in [1.165, 1.54) is 5.84 Å². The third-order valence-corrected chi connectivity index (χ3v) is 3.40. The Morgan fingerprint density at radius 1 is 1.43 bits per heavy atom. The summed E-state index contributed by atoms with van der Waals surface area (Å²) in [6, 6.07) is 0. The van der Waals surface area contributed by atoms with E-state index in [0.717, 1.165) is 32.5 Å². The van der Waals surface area contributed by atoms with Crippen LogP contribution in [0.2, 0.25) is 0 Å². The zero-order valence-corrected chi connectivity index (χ0v) is 9.58. The highest BCUT2D eigenvalue weighted by atomic mass is 16.3. The molecule has 0 unspecified atom stereocenters. The van der Waals surface area contributed by atoms with Gasteiger partial charge in [0.15, 0.2) is 0 Å². The van der Waals surface area contributed by atoms with Gasteiger partial charge in [0.05, 0.1) is 13.2 Å². The van der Waals surface area contributed by atoms with Crippen molar-refractivity contribution in [3.63, 3.8) is 0 Å². The van der Waals surface area contributed by atoms with Crippen LogP contribution in [0.25, 0.3) is 0 Å². The lowest BCUT2D eigenvalue weighted by molar-refractivity contribution is 0.245. The lowest BCUT2D eigenvalue weighted by Gasteiger charge is -2.33. The smallest absolute Gasteiger partial charge is 0.105 e. The third-order valence-electron chi connectivity index (χ3n) is 3.40. The molecule has 0 aromatic heterocycles. The lowest BCUT2D eigenvalue weighted by atomic mass is 9.83. The standard InChI is InChI=1S/C11H22N2O/c1-4-11(3,5-2)10-12-6-7-13(10)8-9-14/h14H,4-9H2,1-3H3. The average molecular weight is 198 g/mol. The largest absolute Gasteiger partial charge is 0.395 e. The van der Waals surface area contributed by atoms with Gasteiger partial charge in [0.1, 0.15) is 5.84 Å². The van der Waals surface area contributed by atoms with E-state index in [0.29, 0.717) is 0 Å². The second kappa shape index (κ2) is 4.78. The number of rotatable bonds is 5. The summed E-state index contributed by atoms with van der Waals surface area (Å²) in [5.41, 5.74) is 0.200. The molecule has 0 saturated heterocycles. The molecule has 0 bridgehead atoms. The van der Waals surface area contributed by atoms with Crippen LogP contribution in [-0.2, 0) is 0 Å². The summed E-state index contributed by atoms with van der Waals surface area (Å²) in [6.07, 6.45) is 2.23. The summed E-state index contributed by atoms with van der Waals surface area (Å²) < 4.78 is 0. The highest BCUT2D eigenvalue weighted by molar-refractivity contribution is 5.89. The molecule has 0 atom stereocenters. The minimum absolute atomic E-state index is 0.200. The first-order chi connectivity index (χ1) is 6.68. The molecular formula is C11H22N2O. The number of aliphatic hydroxyl groups is 1. The van der Waals surface area contributed by atoms with E-state index in [2.05, 4.69) is 30.7 Å². The van der Waals surface area contributed by atoms with Crippen molar-refractivity contribution >= 4 is 5.84 Å². The summed E-state index contributed by atoms with van der Waals surface area (Å²) in [5, 5.41) is 8.96. The first-order valence-corrected chi connectivity index (χ1v) is 5.58. The lowest BCUT2D eigenvalue weighted by Crippen LogP contribution is -2.40. The molecule has 3 heteroatoms. The van der Waals surface area contributed by atoms with Gasteiger partial charge in [0, 0.05) is 18.5 Å². The van der Waals surface area contributed by atoms with Crippen LogP contribution in [-0.4, -0.2) is 42.1 Å². The van der Waals surface area contributed by atoms with Gasteiger partial charge in [-0.1, -0.05) is 20.8 Å². The minimum Gasteiger partial charge on any atom is -0.395 e. The Bertz CT molecular complexity index is 209. The van der Waals surface area contributed by atoms with Crippen LogP contribution in [0, 0.1) is 5.41 Å². The molecule has 0 aromatic rings. The van der Waals surface area contributed by atoms with Gasteiger partial charge >= 0.3 is 0 Å². The van der Waals surface area contributed by atoms with E-state index < -0.39 is 0 Å². The van der Waals surface area contributed by atoms with Gasteiger partial charge in [-0.2, -0.15) is 0 Å². The van der Waals surface area contributed by atoms with Crippen LogP contribution in [0.15, 0.2) is 4.99 Å². The fourth-order valence-electron chi connectivity index (χ4n) is 1.96. The number of hydrogen-bond acceptors (Lipinski definition) is 3. The number of aliphatic hydroxyl groups excluding tert-OH is 1. The van der Waals surface area contributed by atoms with Gasteiger partial charge in [0.2, 0.25) is 0 Å². The molecule has 1 aliphatic heterocycles. The maximum absolute atomic E-state index is 8.96. The Morgan fingerprint density at radius 3 is 2.57 bits per heavy atom. The van der Waals surface area contributed by atoms with Crippen molar-refractivity contribution in [2.24, 2.45) is 10.4 Å². The van der Waals surface area contributed by atoms with Crippen molar-refractivity contribution in [2.45, 2.75) is 33.6 Å². The summed E-state index contributed by atoms with van der Waals surface area (Å²) in [4.78, 5) is 6.81. The zero-order valence-electron chi connectivity index (χ0n) is 9.58. The van der Waals surface area contributed by atoms with E-state index in [4.69, 9.17) is 5.11 Å². The molecule has 1 rings (SSSR count). The Balaban J connectivity index is 2.74. The van der Waals surface area contributed by atoms with Crippen LogP contribution in [0.5, 0.6) is 0 Å². The molecule has 14 heavy (non-hydrogen) atoms. The van der Waals surface area contributed by atoms with Gasteiger partial charge in [-0.25, -0.2) is 0 Å². The highest BCUT2D eigenvalue weighted by Crippen LogP contribution is 2.30. The SMILES string of the molecule is CCC(C)(CC)C1=NCCN1CCO. The van der Waals surface area contributed by atoms with Crippen molar-refractivity contribution < 1.29 is 5.11 Å². The topological polar surface area (TPSA) is 35.8 Å². The number of nitrogens with zero attached hydrogens (tertiary/aromatic N) is 2. The Kier molecular flexibility index (Phi) is 3.93. The first-order valence-electron chi connectivity index (χ1n) is 5.58. The fourth-order valence-corrected chi connectivity index (χ4v) is 1.96. The van der Waals surface area contributed by atoms with Gasteiger partial charge in [0.25, 0.3) is 0 Å². The monoisotopic (exact) mass is 198 g/mol. The number of hydrogen-bond donors (Lipinski definition) is 1. The average Bonchev–Trinajstić information content (AvgIpc) is 2.66. The van der Waals surface area contributed by atoms with Crippen LogP contribution in [0.1, 0.15) is 33.6 Å². The number of aliphatic imine (C=N–C) groups is 1. The van der Waals surface area contributed by atoms with E-state index in [-0.39, 0.29) is 12.0 Å². The molecule has 0 amide bonds. The molecule has 0 radical (unpaired) electrons. The second-order valence-corrected chi connectivity index (χ2v) is 4.18. The van der Waals surface area contributed by atoms with Gasteiger partial charge in [-0.15, -0.1) is 0 Å². The molecule has 82 valence electrons. The zero-order chi connectivity index (χ0) is 10.6. The van der Waals surface area contributed by atoms with Crippen molar-refractivity contribution in [3.8, 4) is 0 Å². The Hall–Kier alpha value is -0.570. The van der Waals surface area contributed by atoms with Crippen LogP contribution < -0.4 is 0 Å². The van der Waals surface area contributed by atoms with Crippen molar-refractivity contribution in [2.75, 3.05) is 26.2 Å². The minimum atomic E-state index is 0.200. The van der Waals surface area contributed by atoms with E-state index >= 15 is 0 Å². The Labute approximate surface area is 86.8 Å².